The SMILES string of the molecule is COc1cc(C)c(C(C)NC(=O)C(C)N(c2ccccc2F)S(C)(=O)=O)cc1C(C)C. The second kappa shape index (κ2) is 9.68. The molecule has 0 saturated heterocycles. The minimum Gasteiger partial charge on any atom is -0.496 e. The molecule has 0 bridgehead atoms. The van der Waals surface area contributed by atoms with Gasteiger partial charge in [-0.25, -0.2) is 12.8 Å². The largest absolute Gasteiger partial charge is 0.496 e. The topological polar surface area (TPSA) is 75.7 Å². The number of carbonyl (C=O) groups excluding carboxylic acids is 1. The molecule has 0 aliphatic heterocycles. The molecule has 0 fully saturated rings. The van der Waals surface area contributed by atoms with Crippen LogP contribution in [0, 0.1) is 12.7 Å². The lowest BCUT2D eigenvalue weighted by Crippen LogP contribution is -2.48. The summed E-state index contributed by atoms with van der Waals surface area (Å²) >= 11 is 0. The number of anilines is 1. The van der Waals surface area contributed by atoms with Crippen LogP contribution in [0.4, 0.5) is 10.1 Å². The molecule has 170 valence electrons. The molecule has 0 saturated carbocycles. The van der Waals surface area contributed by atoms with Gasteiger partial charge in [0.2, 0.25) is 15.9 Å². The van der Waals surface area contributed by atoms with Gasteiger partial charge < -0.3 is 10.1 Å². The summed E-state index contributed by atoms with van der Waals surface area (Å²) in [4.78, 5) is 13.0. The van der Waals surface area contributed by atoms with Gasteiger partial charge in [0, 0.05) is 0 Å². The zero-order valence-electron chi connectivity index (χ0n) is 19.1. The minimum absolute atomic E-state index is 0.164. The normalized spacial score (nSPS) is 13.6. The van der Waals surface area contributed by atoms with E-state index in [2.05, 4.69) is 19.2 Å². The maximum absolute atomic E-state index is 14.3. The van der Waals surface area contributed by atoms with Crippen molar-refractivity contribution in [2.45, 2.75) is 52.6 Å². The molecule has 6 nitrogen and oxygen atoms in total. The highest BCUT2D eigenvalue weighted by atomic mass is 32.2. The van der Waals surface area contributed by atoms with Crippen LogP contribution in [0.1, 0.15) is 56.3 Å². The number of rotatable bonds is 8. The van der Waals surface area contributed by atoms with Crippen molar-refractivity contribution in [1.82, 2.24) is 5.32 Å². The summed E-state index contributed by atoms with van der Waals surface area (Å²) < 4.78 is 45.4. The molecule has 31 heavy (non-hydrogen) atoms. The average Bonchev–Trinajstić information content (AvgIpc) is 2.67. The van der Waals surface area contributed by atoms with Crippen LogP contribution in [0.5, 0.6) is 5.75 Å². The monoisotopic (exact) mass is 450 g/mol. The first-order valence-electron chi connectivity index (χ1n) is 10.1. The van der Waals surface area contributed by atoms with Crippen LogP contribution < -0.4 is 14.4 Å². The number of nitrogens with zero attached hydrogens (tertiary/aromatic N) is 1. The number of carbonyl (C=O) groups is 1. The molecule has 0 aliphatic rings. The smallest absolute Gasteiger partial charge is 0.244 e. The Labute approximate surface area is 184 Å². The van der Waals surface area contributed by atoms with Gasteiger partial charge in [0.25, 0.3) is 0 Å². The zero-order chi connectivity index (χ0) is 23.5. The van der Waals surface area contributed by atoms with Crippen molar-refractivity contribution in [3.63, 3.8) is 0 Å². The van der Waals surface area contributed by atoms with Gasteiger partial charge in [-0.05, 0) is 67.6 Å². The third-order valence-electron chi connectivity index (χ3n) is 5.24. The third-order valence-corrected chi connectivity index (χ3v) is 6.47. The van der Waals surface area contributed by atoms with Crippen molar-refractivity contribution in [3.05, 3.63) is 58.9 Å². The summed E-state index contributed by atoms with van der Waals surface area (Å²) in [6, 6.07) is 7.89. The molecule has 1 amide bonds. The number of aryl methyl sites for hydroxylation is 1. The van der Waals surface area contributed by atoms with E-state index in [1.165, 1.54) is 25.1 Å². The van der Waals surface area contributed by atoms with Crippen molar-refractivity contribution in [3.8, 4) is 5.75 Å². The minimum atomic E-state index is -3.90. The molecule has 2 atom stereocenters. The van der Waals surface area contributed by atoms with E-state index >= 15 is 0 Å². The highest BCUT2D eigenvalue weighted by molar-refractivity contribution is 7.92. The first kappa shape index (κ1) is 24.7. The van der Waals surface area contributed by atoms with E-state index < -0.39 is 27.8 Å². The molecule has 0 spiro atoms. The Morgan fingerprint density at radius 3 is 2.23 bits per heavy atom. The van der Waals surface area contributed by atoms with Crippen LogP contribution in [0.3, 0.4) is 0 Å². The molecule has 0 heterocycles. The van der Waals surface area contributed by atoms with Crippen molar-refractivity contribution in [2.24, 2.45) is 0 Å². The summed E-state index contributed by atoms with van der Waals surface area (Å²) in [5.41, 5.74) is 2.70. The van der Waals surface area contributed by atoms with Crippen LogP contribution in [-0.4, -0.2) is 33.7 Å². The number of para-hydroxylation sites is 1. The fourth-order valence-electron chi connectivity index (χ4n) is 3.63. The van der Waals surface area contributed by atoms with Crippen molar-refractivity contribution < 1.29 is 22.3 Å². The summed E-state index contributed by atoms with van der Waals surface area (Å²) in [7, 11) is -2.28. The summed E-state index contributed by atoms with van der Waals surface area (Å²) in [5, 5.41) is 2.87. The van der Waals surface area contributed by atoms with Gasteiger partial charge in [0.1, 0.15) is 17.6 Å². The number of methoxy groups -OCH3 is 1. The van der Waals surface area contributed by atoms with Gasteiger partial charge in [-0.2, -0.15) is 0 Å². The number of hydrogen-bond donors (Lipinski definition) is 1. The Balaban J connectivity index is 2.35. The summed E-state index contributed by atoms with van der Waals surface area (Å²) in [6.45, 7) is 9.31. The second-order valence-electron chi connectivity index (χ2n) is 8.02. The molecule has 0 aromatic heterocycles. The van der Waals surface area contributed by atoms with Crippen molar-refractivity contribution in [2.75, 3.05) is 17.7 Å². The van der Waals surface area contributed by atoms with E-state index in [-0.39, 0.29) is 17.6 Å². The van der Waals surface area contributed by atoms with Crippen molar-refractivity contribution in [1.29, 1.82) is 0 Å². The van der Waals surface area contributed by atoms with Gasteiger partial charge in [-0.3, -0.25) is 9.10 Å². The molecule has 2 aromatic rings. The first-order chi connectivity index (χ1) is 14.4. The lowest BCUT2D eigenvalue weighted by atomic mass is 9.93. The number of ether oxygens (including phenoxy) is 1. The average molecular weight is 451 g/mol. The maximum atomic E-state index is 14.3. The van der Waals surface area contributed by atoms with E-state index in [1.807, 2.05) is 26.0 Å². The Morgan fingerprint density at radius 2 is 1.71 bits per heavy atom. The Kier molecular flexibility index (Phi) is 7.70. The molecule has 0 aliphatic carbocycles. The van der Waals surface area contributed by atoms with Crippen LogP contribution in [0.25, 0.3) is 0 Å². The van der Waals surface area contributed by atoms with E-state index in [0.717, 1.165) is 39.1 Å². The maximum Gasteiger partial charge on any atom is 0.244 e. The van der Waals surface area contributed by atoms with E-state index in [0.29, 0.717) is 0 Å². The number of hydrogen-bond acceptors (Lipinski definition) is 4. The quantitative estimate of drug-likeness (QED) is 0.651. The van der Waals surface area contributed by atoms with Gasteiger partial charge in [0.05, 0.1) is 25.1 Å². The van der Waals surface area contributed by atoms with E-state index in [9.17, 15) is 17.6 Å². The second-order valence-corrected chi connectivity index (χ2v) is 9.88. The van der Waals surface area contributed by atoms with Gasteiger partial charge >= 0.3 is 0 Å². The number of benzene rings is 2. The molecule has 2 aromatic carbocycles. The van der Waals surface area contributed by atoms with Crippen LogP contribution >= 0.6 is 0 Å². The molecule has 8 heteroatoms. The molecule has 0 radical (unpaired) electrons. The van der Waals surface area contributed by atoms with Crippen molar-refractivity contribution >= 4 is 21.6 Å². The van der Waals surface area contributed by atoms with Crippen LogP contribution in [0.15, 0.2) is 36.4 Å². The van der Waals surface area contributed by atoms with Gasteiger partial charge in [-0.15, -0.1) is 0 Å². The summed E-state index contributed by atoms with van der Waals surface area (Å²) in [6.07, 6.45) is 0.954. The highest BCUT2D eigenvalue weighted by Gasteiger charge is 2.31. The number of nitrogens with one attached hydrogen (secondary N) is 1. The predicted molar refractivity (Wildman–Crippen MR) is 122 cm³/mol. The lowest BCUT2D eigenvalue weighted by Gasteiger charge is -2.30. The lowest BCUT2D eigenvalue weighted by molar-refractivity contribution is -0.122. The molecule has 2 unspecified atom stereocenters. The molecule has 1 N–H and O–H groups in total. The molecular weight excluding hydrogens is 419 g/mol. The number of sulfonamides is 1. The number of amides is 1. The van der Waals surface area contributed by atoms with E-state index in [1.54, 1.807) is 7.11 Å². The zero-order valence-corrected chi connectivity index (χ0v) is 19.9. The Hall–Kier alpha value is -2.61. The van der Waals surface area contributed by atoms with E-state index in [4.69, 9.17) is 4.74 Å². The fraction of sp³-hybridized carbons (Fsp3) is 0.435. The Morgan fingerprint density at radius 1 is 1.10 bits per heavy atom. The van der Waals surface area contributed by atoms with Gasteiger partial charge in [0.15, 0.2) is 0 Å². The van der Waals surface area contributed by atoms with Gasteiger partial charge in [-0.1, -0.05) is 26.0 Å². The molecular formula is C23H31FN2O4S. The van der Waals surface area contributed by atoms with Crippen LogP contribution in [-0.2, 0) is 14.8 Å². The number of halogens is 1. The standard InChI is InChI=1S/C23H31FN2O4S/c1-14(2)18-13-19(15(3)12-22(18)30-6)16(4)25-23(27)17(5)26(31(7,28)29)21-11-9-8-10-20(21)24/h8-14,16-17H,1-7H3,(H,25,27). The third kappa shape index (κ3) is 5.55. The predicted octanol–water partition coefficient (Wildman–Crippen LogP) is 4.30. The highest BCUT2D eigenvalue weighted by Crippen LogP contribution is 2.32. The van der Waals surface area contributed by atoms with Crippen LogP contribution in [0.2, 0.25) is 0 Å². The molecule has 2 rings (SSSR count). The first-order valence-corrected chi connectivity index (χ1v) is 12.0. The Bertz CT molecular complexity index is 1050. The summed E-state index contributed by atoms with van der Waals surface area (Å²) in [5.74, 6) is -0.237. The fourth-order valence-corrected chi connectivity index (χ4v) is 4.81.